The van der Waals surface area contributed by atoms with Crippen molar-refractivity contribution in [3.8, 4) is 5.75 Å². The largest absolute Gasteiger partial charge is 0.508 e. The zero-order valence-corrected chi connectivity index (χ0v) is 20.4. The highest BCUT2D eigenvalue weighted by atomic mass is 127. The topological polar surface area (TPSA) is 98.2 Å². The van der Waals surface area contributed by atoms with Gasteiger partial charge in [-0.1, -0.05) is 0 Å². The van der Waals surface area contributed by atoms with Gasteiger partial charge < -0.3 is 30.7 Å². The van der Waals surface area contributed by atoms with E-state index in [1.807, 2.05) is 6.92 Å². The molecule has 1 aliphatic heterocycles. The number of aromatic hydroxyl groups is 1. The molecule has 1 fully saturated rings. The molecule has 0 aromatic heterocycles. The van der Waals surface area contributed by atoms with Crippen molar-refractivity contribution in [1.82, 2.24) is 20.9 Å². The first-order valence-corrected chi connectivity index (χ1v) is 10.5. The summed E-state index contributed by atoms with van der Waals surface area (Å²) in [5.74, 6) is 0.775. The Kier molecular flexibility index (Phi) is 13.4. The van der Waals surface area contributed by atoms with Gasteiger partial charge in [0.2, 0.25) is 0 Å². The van der Waals surface area contributed by atoms with E-state index < -0.39 is 0 Å². The van der Waals surface area contributed by atoms with Crippen molar-refractivity contribution < 1.29 is 14.6 Å². The first-order valence-electron chi connectivity index (χ1n) is 10.5. The molecular weight excluding hydrogens is 497 g/mol. The Morgan fingerprint density at radius 3 is 2.57 bits per heavy atom. The highest BCUT2D eigenvalue weighted by Gasteiger charge is 2.19. The monoisotopic (exact) mass is 533 g/mol. The number of amides is 1. The second-order valence-corrected chi connectivity index (χ2v) is 7.17. The highest BCUT2D eigenvalue weighted by Crippen LogP contribution is 2.11. The Bertz CT molecular complexity index is 634. The number of piperidine rings is 1. The van der Waals surface area contributed by atoms with Crippen molar-refractivity contribution in [2.24, 2.45) is 4.99 Å². The Hall–Kier alpha value is -1.59. The summed E-state index contributed by atoms with van der Waals surface area (Å²) in [7, 11) is 1.75. The molecule has 1 aromatic rings. The van der Waals surface area contributed by atoms with Gasteiger partial charge in [0.1, 0.15) is 5.75 Å². The third-order valence-electron chi connectivity index (χ3n) is 4.89. The van der Waals surface area contributed by atoms with E-state index in [1.165, 1.54) is 12.1 Å². The lowest BCUT2D eigenvalue weighted by molar-refractivity contribution is 0.0955. The van der Waals surface area contributed by atoms with E-state index in [0.717, 1.165) is 58.0 Å². The summed E-state index contributed by atoms with van der Waals surface area (Å²) in [6.07, 6.45) is 3.26. The van der Waals surface area contributed by atoms with Crippen LogP contribution in [-0.2, 0) is 4.74 Å². The van der Waals surface area contributed by atoms with Crippen molar-refractivity contribution in [1.29, 1.82) is 0 Å². The fourth-order valence-corrected chi connectivity index (χ4v) is 3.30. The normalized spacial score (nSPS) is 15.3. The zero-order valence-electron chi connectivity index (χ0n) is 18.0. The molecule has 30 heavy (non-hydrogen) atoms. The van der Waals surface area contributed by atoms with Crippen molar-refractivity contribution in [3.63, 3.8) is 0 Å². The number of hydrogen-bond donors (Lipinski definition) is 4. The minimum Gasteiger partial charge on any atom is -0.508 e. The van der Waals surface area contributed by atoms with Crippen LogP contribution in [0.5, 0.6) is 5.75 Å². The SMILES string of the molecule is CCNC(=NCCNC(=O)c1ccc(O)cc1)NC1CCN(CCCOC)CC1.I. The van der Waals surface area contributed by atoms with Crippen LogP contribution < -0.4 is 16.0 Å². The van der Waals surface area contributed by atoms with E-state index in [4.69, 9.17) is 4.74 Å². The number of carbonyl (C=O) groups is 1. The number of hydrogen-bond acceptors (Lipinski definition) is 5. The van der Waals surface area contributed by atoms with Crippen LogP contribution >= 0.6 is 24.0 Å². The van der Waals surface area contributed by atoms with Gasteiger partial charge in [0, 0.05) is 58.0 Å². The molecule has 0 atom stereocenters. The third kappa shape index (κ3) is 9.94. The van der Waals surface area contributed by atoms with E-state index in [-0.39, 0.29) is 35.6 Å². The molecule has 0 bridgehead atoms. The van der Waals surface area contributed by atoms with Crippen molar-refractivity contribution >= 4 is 35.8 Å². The molecule has 1 aromatic carbocycles. The second kappa shape index (κ2) is 15.2. The van der Waals surface area contributed by atoms with Crippen molar-refractivity contribution in [2.75, 3.05) is 53.0 Å². The Labute approximate surface area is 196 Å². The quantitative estimate of drug-likeness (QED) is 0.159. The number of methoxy groups -OCH3 is 1. The number of nitrogens with one attached hydrogen (secondary N) is 3. The minimum atomic E-state index is -0.168. The second-order valence-electron chi connectivity index (χ2n) is 7.17. The predicted octanol–water partition coefficient (Wildman–Crippen LogP) is 1.80. The average Bonchev–Trinajstić information content (AvgIpc) is 2.73. The molecule has 0 aliphatic carbocycles. The minimum absolute atomic E-state index is 0. The van der Waals surface area contributed by atoms with E-state index >= 15 is 0 Å². The van der Waals surface area contributed by atoms with Gasteiger partial charge in [0.25, 0.3) is 5.91 Å². The fraction of sp³-hybridized carbons (Fsp3) is 0.619. The van der Waals surface area contributed by atoms with Crippen LogP contribution in [0.1, 0.15) is 36.5 Å². The van der Waals surface area contributed by atoms with Gasteiger partial charge in [0.15, 0.2) is 5.96 Å². The number of nitrogens with zero attached hydrogens (tertiary/aromatic N) is 2. The molecule has 0 saturated carbocycles. The summed E-state index contributed by atoms with van der Waals surface area (Å²) in [5.41, 5.74) is 0.522. The molecule has 1 saturated heterocycles. The standard InChI is InChI=1S/C21H35N5O3.HI/c1-3-22-21(25-18-9-14-26(15-10-18)13-4-16-29-2)24-12-11-23-20(28)17-5-7-19(27)8-6-17;/h5-8,18,27H,3-4,9-16H2,1-2H3,(H,23,28)(H2,22,24,25);1H. The zero-order chi connectivity index (χ0) is 20.9. The maximum Gasteiger partial charge on any atom is 0.251 e. The number of aliphatic imine (C=N–C) groups is 1. The lowest BCUT2D eigenvalue weighted by atomic mass is 10.1. The molecule has 9 heteroatoms. The van der Waals surface area contributed by atoms with Gasteiger partial charge >= 0.3 is 0 Å². The first-order chi connectivity index (χ1) is 14.1. The molecule has 170 valence electrons. The molecular formula is C21H36IN5O3. The summed E-state index contributed by atoms with van der Waals surface area (Å²) in [6, 6.07) is 6.62. The van der Waals surface area contributed by atoms with Crippen LogP contribution in [0.4, 0.5) is 0 Å². The molecule has 8 nitrogen and oxygen atoms in total. The summed E-state index contributed by atoms with van der Waals surface area (Å²) < 4.78 is 5.13. The van der Waals surface area contributed by atoms with Gasteiger partial charge in [0.05, 0.1) is 6.54 Å². The molecule has 0 unspecified atom stereocenters. The lowest BCUT2D eigenvalue weighted by Crippen LogP contribution is -2.49. The number of carbonyl (C=O) groups excluding carboxylic acids is 1. The predicted molar refractivity (Wildman–Crippen MR) is 131 cm³/mol. The lowest BCUT2D eigenvalue weighted by Gasteiger charge is -2.33. The average molecular weight is 533 g/mol. The maximum absolute atomic E-state index is 12.1. The number of benzene rings is 1. The van der Waals surface area contributed by atoms with Gasteiger partial charge in [-0.25, -0.2) is 0 Å². The fourth-order valence-electron chi connectivity index (χ4n) is 3.30. The Balaban J connectivity index is 0.00000450. The van der Waals surface area contributed by atoms with E-state index in [0.29, 0.717) is 24.7 Å². The first kappa shape index (κ1) is 26.4. The van der Waals surface area contributed by atoms with E-state index in [1.54, 1.807) is 19.2 Å². The van der Waals surface area contributed by atoms with E-state index in [2.05, 4.69) is 25.8 Å². The Morgan fingerprint density at radius 1 is 1.23 bits per heavy atom. The molecule has 0 spiro atoms. The van der Waals surface area contributed by atoms with Crippen LogP contribution in [0.2, 0.25) is 0 Å². The summed E-state index contributed by atoms with van der Waals surface area (Å²) >= 11 is 0. The Morgan fingerprint density at radius 2 is 1.93 bits per heavy atom. The molecule has 0 radical (unpaired) electrons. The van der Waals surface area contributed by atoms with E-state index in [9.17, 15) is 9.90 Å². The van der Waals surface area contributed by atoms with Gasteiger partial charge in [-0.05, 0) is 50.5 Å². The molecule has 2 rings (SSSR count). The number of rotatable bonds is 10. The van der Waals surface area contributed by atoms with Gasteiger partial charge in [-0.2, -0.15) is 0 Å². The van der Waals surface area contributed by atoms with Gasteiger partial charge in [-0.15, -0.1) is 24.0 Å². The number of guanidine groups is 1. The molecule has 1 heterocycles. The molecule has 1 amide bonds. The van der Waals surface area contributed by atoms with Crippen LogP contribution in [0.15, 0.2) is 29.3 Å². The van der Waals surface area contributed by atoms with Crippen LogP contribution in [0.3, 0.4) is 0 Å². The number of phenols is 1. The summed E-state index contributed by atoms with van der Waals surface area (Å²) in [5, 5.41) is 18.9. The maximum atomic E-state index is 12.1. The van der Waals surface area contributed by atoms with Crippen molar-refractivity contribution in [3.05, 3.63) is 29.8 Å². The summed E-state index contributed by atoms with van der Waals surface area (Å²) in [4.78, 5) is 19.1. The number of phenolic OH excluding ortho intramolecular Hbond substituents is 1. The van der Waals surface area contributed by atoms with Crippen LogP contribution in [0, 0.1) is 0 Å². The van der Waals surface area contributed by atoms with Crippen LogP contribution in [-0.4, -0.2) is 80.9 Å². The number of ether oxygens (including phenoxy) is 1. The van der Waals surface area contributed by atoms with Crippen LogP contribution in [0.25, 0.3) is 0 Å². The van der Waals surface area contributed by atoms with Gasteiger partial charge in [-0.3, -0.25) is 9.79 Å². The molecule has 4 N–H and O–H groups in total. The number of likely N-dealkylation sites (tertiary alicyclic amines) is 1. The summed E-state index contributed by atoms with van der Waals surface area (Å²) in [6.45, 7) is 7.87. The third-order valence-corrected chi connectivity index (χ3v) is 4.89. The molecule has 1 aliphatic rings. The smallest absolute Gasteiger partial charge is 0.251 e. The number of halogens is 1. The van der Waals surface area contributed by atoms with Crippen molar-refractivity contribution in [2.45, 2.75) is 32.2 Å². The highest BCUT2D eigenvalue weighted by molar-refractivity contribution is 14.0.